The Balaban J connectivity index is 1.91. The Bertz CT molecular complexity index is 629. The van der Waals surface area contributed by atoms with Crippen molar-refractivity contribution in [2.75, 3.05) is 6.54 Å². The summed E-state index contributed by atoms with van der Waals surface area (Å²) in [7, 11) is 0. The molecule has 1 N–H and O–H groups in total. The first-order valence-corrected chi connectivity index (χ1v) is 7.87. The van der Waals surface area contributed by atoms with Crippen LogP contribution < -0.4 is 0 Å². The van der Waals surface area contributed by atoms with Crippen molar-refractivity contribution in [2.45, 2.75) is 38.5 Å². The summed E-state index contributed by atoms with van der Waals surface area (Å²) in [4.78, 5) is 2.27. The predicted octanol–water partition coefficient (Wildman–Crippen LogP) is 3.83. The number of nitrogens with zero attached hydrogens (tertiary/aromatic N) is 1. The first-order chi connectivity index (χ1) is 10.6. The summed E-state index contributed by atoms with van der Waals surface area (Å²) in [5.74, 6) is -0.238. The Kier molecular flexibility index (Phi) is 4.55. The van der Waals surface area contributed by atoms with Crippen molar-refractivity contribution in [3.63, 3.8) is 0 Å². The molecule has 1 heterocycles. The molecule has 2 unspecified atom stereocenters. The van der Waals surface area contributed by atoms with Gasteiger partial charge in [0.1, 0.15) is 5.82 Å². The van der Waals surface area contributed by atoms with Gasteiger partial charge >= 0.3 is 0 Å². The number of likely N-dealkylation sites (tertiary alicyclic amines) is 1. The highest BCUT2D eigenvalue weighted by molar-refractivity contribution is 5.31. The van der Waals surface area contributed by atoms with Gasteiger partial charge in [-0.25, -0.2) is 4.39 Å². The minimum atomic E-state index is -0.446. The third kappa shape index (κ3) is 3.21. The van der Waals surface area contributed by atoms with E-state index in [0.717, 1.165) is 37.1 Å². The number of hydrogen-bond acceptors (Lipinski definition) is 2. The highest BCUT2D eigenvalue weighted by atomic mass is 19.1. The van der Waals surface area contributed by atoms with Gasteiger partial charge in [-0.1, -0.05) is 36.4 Å². The van der Waals surface area contributed by atoms with Gasteiger partial charge in [-0.15, -0.1) is 0 Å². The number of rotatable bonds is 3. The first kappa shape index (κ1) is 15.2. The zero-order chi connectivity index (χ0) is 15.5. The maximum Gasteiger partial charge on any atom is 0.123 e. The van der Waals surface area contributed by atoms with Crippen molar-refractivity contribution in [3.05, 3.63) is 71.0 Å². The van der Waals surface area contributed by atoms with Crippen molar-refractivity contribution >= 4 is 0 Å². The molecular weight excluding hydrogens is 277 g/mol. The molecule has 1 fully saturated rings. The zero-order valence-electron chi connectivity index (χ0n) is 12.9. The van der Waals surface area contributed by atoms with Gasteiger partial charge in [-0.05, 0) is 55.1 Å². The molecule has 3 rings (SSSR count). The van der Waals surface area contributed by atoms with Crippen LogP contribution in [0.15, 0.2) is 48.5 Å². The van der Waals surface area contributed by atoms with Crippen molar-refractivity contribution < 1.29 is 9.50 Å². The number of aliphatic hydroxyl groups excluding tert-OH is 1. The van der Waals surface area contributed by atoms with Crippen LogP contribution in [0.1, 0.15) is 35.6 Å². The largest absolute Gasteiger partial charge is 0.391 e. The van der Waals surface area contributed by atoms with Crippen molar-refractivity contribution in [1.82, 2.24) is 4.90 Å². The fraction of sp³-hybridized carbons (Fsp3) is 0.368. The van der Waals surface area contributed by atoms with Gasteiger partial charge in [0.15, 0.2) is 0 Å². The minimum Gasteiger partial charge on any atom is -0.391 e. The Morgan fingerprint density at radius 1 is 1.18 bits per heavy atom. The average molecular weight is 299 g/mol. The second-order valence-electron chi connectivity index (χ2n) is 6.11. The molecule has 1 saturated heterocycles. The van der Waals surface area contributed by atoms with E-state index in [0.29, 0.717) is 0 Å². The number of benzene rings is 2. The van der Waals surface area contributed by atoms with Gasteiger partial charge in [-0.3, -0.25) is 4.90 Å². The van der Waals surface area contributed by atoms with E-state index in [4.69, 9.17) is 0 Å². The summed E-state index contributed by atoms with van der Waals surface area (Å²) in [5, 5.41) is 10.5. The van der Waals surface area contributed by atoms with Crippen LogP contribution in [0, 0.1) is 12.7 Å². The van der Waals surface area contributed by atoms with Crippen LogP contribution in [0.4, 0.5) is 4.39 Å². The molecule has 0 bridgehead atoms. The van der Waals surface area contributed by atoms with Crippen LogP contribution >= 0.6 is 0 Å². The molecule has 0 amide bonds. The second kappa shape index (κ2) is 6.59. The standard InChI is InChI=1S/C19H22FNO/c1-14-9-10-16(20)12-17(14)19-18(22)8-5-11-21(19)13-15-6-3-2-4-7-15/h2-4,6-7,9-10,12,18-19,22H,5,8,11,13H2,1H3. The van der Waals surface area contributed by atoms with Gasteiger partial charge < -0.3 is 5.11 Å². The molecule has 2 aromatic carbocycles. The van der Waals surface area contributed by atoms with E-state index in [1.54, 1.807) is 12.1 Å². The van der Waals surface area contributed by atoms with Crippen LogP contribution in [0.25, 0.3) is 0 Å². The molecule has 2 atom stereocenters. The fourth-order valence-corrected chi connectivity index (χ4v) is 3.37. The molecule has 0 aromatic heterocycles. The van der Waals surface area contributed by atoms with Crippen LogP contribution in [0.2, 0.25) is 0 Å². The van der Waals surface area contributed by atoms with E-state index in [-0.39, 0.29) is 11.9 Å². The smallest absolute Gasteiger partial charge is 0.123 e. The van der Waals surface area contributed by atoms with Crippen molar-refractivity contribution in [3.8, 4) is 0 Å². The lowest BCUT2D eigenvalue weighted by atomic mass is 9.89. The normalized spacial score (nSPS) is 22.7. The monoisotopic (exact) mass is 299 g/mol. The van der Waals surface area contributed by atoms with E-state index >= 15 is 0 Å². The summed E-state index contributed by atoms with van der Waals surface area (Å²) in [6.07, 6.45) is 1.29. The molecule has 22 heavy (non-hydrogen) atoms. The van der Waals surface area contributed by atoms with Crippen LogP contribution in [-0.4, -0.2) is 22.7 Å². The lowest BCUT2D eigenvalue weighted by molar-refractivity contribution is 0.00480. The highest BCUT2D eigenvalue weighted by Gasteiger charge is 2.32. The Morgan fingerprint density at radius 3 is 2.73 bits per heavy atom. The summed E-state index contributed by atoms with van der Waals surface area (Å²) in [6.45, 7) is 3.68. The average Bonchev–Trinajstić information content (AvgIpc) is 2.51. The zero-order valence-corrected chi connectivity index (χ0v) is 12.9. The van der Waals surface area contributed by atoms with Gasteiger partial charge in [0.25, 0.3) is 0 Å². The topological polar surface area (TPSA) is 23.5 Å². The van der Waals surface area contributed by atoms with Crippen LogP contribution in [0.3, 0.4) is 0 Å². The SMILES string of the molecule is Cc1ccc(F)cc1C1C(O)CCCN1Cc1ccccc1. The highest BCUT2D eigenvalue weighted by Crippen LogP contribution is 2.34. The molecular formula is C19H22FNO. The predicted molar refractivity (Wildman–Crippen MR) is 86.0 cm³/mol. The van der Waals surface area contributed by atoms with E-state index < -0.39 is 6.10 Å². The molecule has 116 valence electrons. The Labute approximate surface area is 131 Å². The third-order valence-corrected chi connectivity index (χ3v) is 4.49. The number of piperidine rings is 1. The van der Waals surface area contributed by atoms with Crippen molar-refractivity contribution in [2.24, 2.45) is 0 Å². The summed E-state index contributed by atoms with van der Waals surface area (Å²) in [5.41, 5.74) is 3.16. The second-order valence-corrected chi connectivity index (χ2v) is 6.11. The quantitative estimate of drug-likeness (QED) is 0.931. The summed E-state index contributed by atoms with van der Waals surface area (Å²) in [6, 6.07) is 15.0. The number of hydrogen-bond donors (Lipinski definition) is 1. The van der Waals surface area contributed by atoms with Gasteiger partial charge in [-0.2, -0.15) is 0 Å². The number of aliphatic hydroxyl groups is 1. The van der Waals surface area contributed by atoms with Gasteiger partial charge in [0, 0.05) is 6.54 Å². The molecule has 2 nitrogen and oxygen atoms in total. The van der Waals surface area contributed by atoms with E-state index in [9.17, 15) is 9.50 Å². The summed E-state index contributed by atoms with van der Waals surface area (Å²) < 4.78 is 13.7. The molecule has 1 aliphatic rings. The molecule has 0 aliphatic carbocycles. The fourth-order valence-electron chi connectivity index (χ4n) is 3.37. The summed E-state index contributed by atoms with van der Waals surface area (Å²) >= 11 is 0. The first-order valence-electron chi connectivity index (χ1n) is 7.87. The third-order valence-electron chi connectivity index (χ3n) is 4.49. The van der Waals surface area contributed by atoms with Crippen LogP contribution in [0.5, 0.6) is 0 Å². The maximum atomic E-state index is 13.7. The molecule has 1 aliphatic heterocycles. The molecule has 3 heteroatoms. The maximum absolute atomic E-state index is 13.7. The van der Waals surface area contributed by atoms with Gasteiger partial charge in [0.2, 0.25) is 0 Å². The molecule has 0 spiro atoms. The number of aryl methyl sites for hydroxylation is 1. The number of halogens is 1. The van der Waals surface area contributed by atoms with E-state index in [1.807, 2.05) is 25.1 Å². The van der Waals surface area contributed by atoms with E-state index in [1.165, 1.54) is 11.6 Å². The Hall–Kier alpha value is -1.71. The van der Waals surface area contributed by atoms with Crippen LogP contribution in [-0.2, 0) is 6.54 Å². The minimum absolute atomic E-state index is 0.135. The van der Waals surface area contributed by atoms with Gasteiger partial charge in [0.05, 0.1) is 12.1 Å². The molecule has 2 aromatic rings. The lowest BCUT2D eigenvalue weighted by Crippen LogP contribution is -2.41. The van der Waals surface area contributed by atoms with E-state index in [2.05, 4.69) is 17.0 Å². The molecule has 0 radical (unpaired) electrons. The Morgan fingerprint density at radius 2 is 1.95 bits per heavy atom. The molecule has 0 saturated carbocycles. The van der Waals surface area contributed by atoms with Crippen molar-refractivity contribution in [1.29, 1.82) is 0 Å². The lowest BCUT2D eigenvalue weighted by Gasteiger charge is -2.40.